The zero-order chi connectivity index (χ0) is 17.6. The van der Waals surface area contributed by atoms with Gasteiger partial charge < -0.3 is 10.1 Å². The van der Waals surface area contributed by atoms with Crippen LogP contribution in [0.1, 0.15) is 55.0 Å². The third-order valence-corrected chi connectivity index (χ3v) is 3.99. The topological polar surface area (TPSA) is 51.2 Å². The molecule has 25 heavy (non-hydrogen) atoms. The molecule has 1 aromatic carbocycles. The number of nitrogens with one attached hydrogen (secondary N) is 1. The van der Waals surface area contributed by atoms with Crippen LogP contribution in [0.5, 0.6) is 0 Å². The van der Waals surface area contributed by atoms with E-state index in [1.165, 1.54) is 12.1 Å². The average Bonchev–Trinajstić information content (AvgIpc) is 3.01. The van der Waals surface area contributed by atoms with Crippen LogP contribution < -0.4 is 5.32 Å². The van der Waals surface area contributed by atoms with Crippen molar-refractivity contribution in [3.05, 3.63) is 65.2 Å². The molecule has 2 aromatic rings. The second kappa shape index (κ2) is 7.80. The van der Waals surface area contributed by atoms with Crippen molar-refractivity contribution < 1.29 is 13.9 Å². The molecule has 0 radical (unpaired) electrons. The fourth-order valence-corrected chi connectivity index (χ4v) is 2.75. The Balaban J connectivity index is 1.86. The molecule has 2 heterocycles. The molecular formula is C20H19FN2O2. The number of carbonyl (C=O) groups excluding carboxylic acids is 1. The van der Waals surface area contributed by atoms with E-state index in [9.17, 15) is 9.18 Å². The summed E-state index contributed by atoms with van der Waals surface area (Å²) in [6.45, 7) is 2.12. The first-order chi connectivity index (χ1) is 12.2. The summed E-state index contributed by atoms with van der Waals surface area (Å²) in [6, 6.07) is 7.53. The van der Waals surface area contributed by atoms with Crippen LogP contribution in [0.25, 0.3) is 0 Å². The number of aromatic nitrogens is 1. The highest BCUT2D eigenvalue weighted by Crippen LogP contribution is 2.36. The van der Waals surface area contributed by atoms with Gasteiger partial charge in [0.15, 0.2) is 6.10 Å². The molecule has 1 aromatic heterocycles. The lowest BCUT2D eigenvalue weighted by atomic mass is 9.97. The summed E-state index contributed by atoms with van der Waals surface area (Å²) in [7, 11) is 0. The molecule has 2 atom stereocenters. The Morgan fingerprint density at radius 1 is 1.28 bits per heavy atom. The molecule has 1 saturated heterocycles. The minimum Gasteiger partial charge on any atom is -0.439 e. The highest BCUT2D eigenvalue weighted by Gasteiger charge is 2.36. The zero-order valence-corrected chi connectivity index (χ0v) is 14.0. The first-order valence-corrected chi connectivity index (χ1v) is 8.34. The Labute approximate surface area is 146 Å². The molecule has 0 saturated carbocycles. The van der Waals surface area contributed by atoms with Crippen LogP contribution in [-0.2, 0) is 4.74 Å². The van der Waals surface area contributed by atoms with Gasteiger partial charge in [-0.2, -0.15) is 0 Å². The number of benzene rings is 1. The van der Waals surface area contributed by atoms with E-state index in [1.807, 2.05) is 6.07 Å². The van der Waals surface area contributed by atoms with Crippen LogP contribution in [0.4, 0.5) is 9.18 Å². The maximum Gasteiger partial charge on any atom is 0.408 e. The first-order valence-electron chi connectivity index (χ1n) is 8.34. The third kappa shape index (κ3) is 4.16. The molecule has 0 spiro atoms. The lowest BCUT2D eigenvalue weighted by Crippen LogP contribution is -2.19. The number of carbonyl (C=O) groups is 1. The normalized spacial score (nSPS) is 18.9. The maximum atomic E-state index is 13.5. The van der Waals surface area contributed by atoms with E-state index in [1.54, 1.807) is 24.5 Å². The molecule has 1 fully saturated rings. The summed E-state index contributed by atoms with van der Waals surface area (Å²) in [5, 5.41) is 2.77. The second-order valence-electron chi connectivity index (χ2n) is 5.92. The molecule has 0 bridgehead atoms. The molecule has 128 valence electrons. The summed E-state index contributed by atoms with van der Waals surface area (Å²) in [6.07, 6.45) is 5.24. The fourth-order valence-electron chi connectivity index (χ4n) is 2.75. The van der Waals surface area contributed by atoms with Crippen molar-refractivity contribution in [2.24, 2.45) is 0 Å². The molecule has 3 rings (SSSR count). The van der Waals surface area contributed by atoms with Gasteiger partial charge in [0.25, 0.3) is 0 Å². The number of ether oxygens (including phenoxy) is 1. The lowest BCUT2D eigenvalue weighted by molar-refractivity contribution is 0.132. The molecule has 1 aliphatic heterocycles. The number of nitrogens with zero attached hydrogens (tertiary/aromatic N) is 1. The Morgan fingerprint density at radius 2 is 2.16 bits per heavy atom. The van der Waals surface area contributed by atoms with E-state index in [4.69, 9.17) is 4.74 Å². The van der Waals surface area contributed by atoms with Gasteiger partial charge in [-0.3, -0.25) is 4.98 Å². The molecule has 0 unspecified atom stereocenters. The summed E-state index contributed by atoms with van der Waals surface area (Å²) < 4.78 is 18.9. The van der Waals surface area contributed by atoms with Crippen LogP contribution in [0.15, 0.2) is 42.7 Å². The number of hydrogen-bond donors (Lipinski definition) is 1. The molecule has 1 amide bonds. The van der Waals surface area contributed by atoms with Gasteiger partial charge in [-0.05, 0) is 35.7 Å². The lowest BCUT2D eigenvalue weighted by Gasteiger charge is -2.17. The first kappa shape index (κ1) is 17.0. The SMILES string of the molecule is CCCCC#Cc1cncc([C@H]2NC(=O)O[C@@H]2c2cccc(F)c2)c1. The summed E-state index contributed by atoms with van der Waals surface area (Å²) in [5.74, 6) is 5.85. The van der Waals surface area contributed by atoms with Crippen LogP contribution in [0.3, 0.4) is 0 Å². The van der Waals surface area contributed by atoms with Crippen LogP contribution >= 0.6 is 0 Å². The van der Waals surface area contributed by atoms with Crippen LogP contribution in [0, 0.1) is 17.7 Å². The summed E-state index contributed by atoms with van der Waals surface area (Å²) in [4.78, 5) is 16.0. The monoisotopic (exact) mass is 338 g/mol. The van der Waals surface area contributed by atoms with Crippen molar-refractivity contribution in [1.82, 2.24) is 10.3 Å². The molecule has 5 heteroatoms. The number of amides is 1. The smallest absolute Gasteiger partial charge is 0.408 e. The average molecular weight is 338 g/mol. The Kier molecular flexibility index (Phi) is 5.30. The Hall–Kier alpha value is -2.87. The van der Waals surface area contributed by atoms with E-state index in [0.29, 0.717) is 5.56 Å². The zero-order valence-electron chi connectivity index (χ0n) is 14.0. The van der Waals surface area contributed by atoms with Crippen LogP contribution in [0.2, 0.25) is 0 Å². The van der Waals surface area contributed by atoms with Crippen molar-refractivity contribution in [3.63, 3.8) is 0 Å². The Morgan fingerprint density at radius 3 is 2.96 bits per heavy atom. The maximum absolute atomic E-state index is 13.5. The minimum absolute atomic E-state index is 0.368. The van der Waals surface area contributed by atoms with Gasteiger partial charge >= 0.3 is 6.09 Å². The van der Waals surface area contributed by atoms with Gasteiger partial charge in [0, 0.05) is 24.4 Å². The largest absolute Gasteiger partial charge is 0.439 e. The van der Waals surface area contributed by atoms with Crippen LogP contribution in [-0.4, -0.2) is 11.1 Å². The van der Waals surface area contributed by atoms with Gasteiger partial charge in [-0.15, -0.1) is 0 Å². The minimum atomic E-state index is -0.603. The van der Waals surface area contributed by atoms with Gasteiger partial charge in [0.05, 0.1) is 0 Å². The van der Waals surface area contributed by atoms with Crippen molar-refractivity contribution in [2.75, 3.05) is 0 Å². The molecule has 0 aliphatic carbocycles. The van der Waals surface area contributed by atoms with Gasteiger partial charge in [0.1, 0.15) is 11.9 Å². The third-order valence-electron chi connectivity index (χ3n) is 3.99. The van der Waals surface area contributed by atoms with E-state index in [2.05, 4.69) is 29.1 Å². The molecule has 1 aliphatic rings. The van der Waals surface area contributed by atoms with E-state index < -0.39 is 18.2 Å². The molecule has 1 N–H and O–H groups in total. The predicted molar refractivity (Wildman–Crippen MR) is 92.1 cm³/mol. The number of rotatable bonds is 4. The van der Waals surface area contributed by atoms with Gasteiger partial charge in [-0.1, -0.05) is 37.3 Å². The highest BCUT2D eigenvalue weighted by atomic mass is 19.1. The quantitative estimate of drug-likeness (QED) is 0.668. The molecule has 4 nitrogen and oxygen atoms in total. The Bertz CT molecular complexity index is 826. The standard InChI is InChI=1S/C20H19FN2O2/c1-2-3-4-5-7-14-10-16(13-22-12-14)18-19(25-20(24)23-18)15-8-6-9-17(21)11-15/h6,8-13,18-19H,2-4H2,1H3,(H,23,24)/t18-,19-/m1/s1. The summed E-state index contributed by atoms with van der Waals surface area (Å²) >= 11 is 0. The van der Waals surface area contributed by atoms with Gasteiger partial charge in [-0.25, -0.2) is 9.18 Å². The number of alkyl carbamates (subject to hydrolysis) is 1. The van der Waals surface area contributed by atoms with E-state index in [0.717, 1.165) is 30.4 Å². The van der Waals surface area contributed by atoms with Crippen molar-refractivity contribution in [3.8, 4) is 11.8 Å². The number of cyclic esters (lactones) is 1. The van der Waals surface area contributed by atoms with E-state index in [-0.39, 0.29) is 5.82 Å². The number of unbranched alkanes of at least 4 members (excludes halogenated alkanes) is 2. The highest BCUT2D eigenvalue weighted by molar-refractivity contribution is 5.71. The van der Waals surface area contributed by atoms with Gasteiger partial charge in [0.2, 0.25) is 0 Å². The van der Waals surface area contributed by atoms with Crippen molar-refractivity contribution in [2.45, 2.75) is 38.3 Å². The second-order valence-corrected chi connectivity index (χ2v) is 5.92. The number of pyridine rings is 1. The fraction of sp³-hybridized carbons (Fsp3) is 0.300. The molecular weight excluding hydrogens is 319 g/mol. The summed E-state index contributed by atoms with van der Waals surface area (Å²) in [5.41, 5.74) is 2.16. The predicted octanol–water partition coefficient (Wildman–Crippen LogP) is 4.28. The number of halogens is 1. The van der Waals surface area contributed by atoms with Crippen molar-refractivity contribution in [1.29, 1.82) is 0 Å². The van der Waals surface area contributed by atoms with E-state index >= 15 is 0 Å². The number of hydrogen-bond acceptors (Lipinski definition) is 3. The van der Waals surface area contributed by atoms with Crippen molar-refractivity contribution >= 4 is 6.09 Å².